The summed E-state index contributed by atoms with van der Waals surface area (Å²) < 4.78 is 0. The third-order valence-electron chi connectivity index (χ3n) is 7.17. The van der Waals surface area contributed by atoms with E-state index in [-0.39, 0.29) is 0 Å². The molecule has 0 unspecified atom stereocenters. The predicted octanol–water partition coefficient (Wildman–Crippen LogP) is 6.35. The summed E-state index contributed by atoms with van der Waals surface area (Å²) in [5.41, 5.74) is 4.54. The van der Waals surface area contributed by atoms with Crippen molar-refractivity contribution in [2.45, 2.75) is 70.4 Å². The van der Waals surface area contributed by atoms with Crippen molar-refractivity contribution >= 4 is 12.0 Å². The first-order chi connectivity index (χ1) is 15.1. The van der Waals surface area contributed by atoms with E-state index < -0.39 is 5.97 Å². The Labute approximate surface area is 186 Å². The Morgan fingerprint density at radius 1 is 1.03 bits per heavy atom. The van der Waals surface area contributed by atoms with Crippen molar-refractivity contribution in [2.75, 3.05) is 0 Å². The van der Waals surface area contributed by atoms with Gasteiger partial charge in [0.2, 0.25) is 0 Å². The smallest absolute Gasteiger partial charge is 0.335 e. The fraction of sp³-hybridized carbons (Fsp3) is 0.464. The quantitative estimate of drug-likeness (QED) is 0.500. The van der Waals surface area contributed by atoms with E-state index >= 15 is 0 Å². The molecular weight excluding hydrogens is 382 g/mol. The molecule has 0 aromatic heterocycles. The number of benzene rings is 2. The standard InChI is InChI=1S/C28H35NO2/c1-2-23(18-22-6-4-3-5-7-22)26-19-27(26)29-25-16-12-21(13-17-25)9-8-20-10-14-24(15-11-20)28(30)31/h3-7,10-11,14-15,18,21,25-27,29H,2,8-9,12-13,16-17,19H2,1H3,(H,30,31)/b23-18+/t21?,25?,26-,27+/m0/s1. The van der Waals surface area contributed by atoms with Gasteiger partial charge in [0.25, 0.3) is 0 Å². The number of hydrogen-bond acceptors (Lipinski definition) is 2. The molecule has 0 bridgehead atoms. The molecule has 3 heteroatoms. The Morgan fingerprint density at radius 3 is 2.39 bits per heavy atom. The van der Waals surface area contributed by atoms with Crippen LogP contribution in [0.25, 0.3) is 6.08 Å². The van der Waals surface area contributed by atoms with Crippen molar-refractivity contribution in [1.82, 2.24) is 5.32 Å². The van der Waals surface area contributed by atoms with Gasteiger partial charge in [-0.3, -0.25) is 0 Å². The van der Waals surface area contributed by atoms with Crippen LogP contribution in [0.5, 0.6) is 0 Å². The lowest BCUT2D eigenvalue weighted by atomic mass is 9.82. The minimum Gasteiger partial charge on any atom is -0.478 e. The molecule has 2 aromatic rings. The number of carboxylic acid groups (broad SMARTS) is 1. The maximum absolute atomic E-state index is 11.0. The van der Waals surface area contributed by atoms with Crippen LogP contribution in [0.15, 0.2) is 60.2 Å². The number of hydrogen-bond donors (Lipinski definition) is 2. The topological polar surface area (TPSA) is 49.3 Å². The highest BCUT2D eigenvalue weighted by Gasteiger charge is 2.40. The van der Waals surface area contributed by atoms with E-state index in [1.165, 1.54) is 49.7 Å². The second kappa shape index (κ2) is 10.3. The van der Waals surface area contributed by atoms with Gasteiger partial charge in [0.1, 0.15) is 0 Å². The summed E-state index contributed by atoms with van der Waals surface area (Å²) in [7, 11) is 0. The predicted molar refractivity (Wildman–Crippen MR) is 127 cm³/mol. The van der Waals surface area contributed by atoms with Crippen LogP contribution >= 0.6 is 0 Å². The molecule has 3 nitrogen and oxygen atoms in total. The van der Waals surface area contributed by atoms with Gasteiger partial charge >= 0.3 is 5.97 Å². The van der Waals surface area contributed by atoms with Crippen LogP contribution in [0.1, 0.15) is 73.4 Å². The van der Waals surface area contributed by atoms with E-state index in [1.54, 1.807) is 17.7 Å². The Morgan fingerprint density at radius 2 is 1.74 bits per heavy atom. The number of carboxylic acids is 1. The van der Waals surface area contributed by atoms with Crippen molar-refractivity contribution < 1.29 is 9.90 Å². The maximum atomic E-state index is 11.0. The van der Waals surface area contributed by atoms with Gasteiger partial charge in [-0.15, -0.1) is 0 Å². The lowest BCUT2D eigenvalue weighted by Gasteiger charge is -2.29. The Bertz CT molecular complexity index is 879. The Balaban J connectivity index is 1.18. The van der Waals surface area contributed by atoms with Crippen LogP contribution in [0.4, 0.5) is 0 Å². The zero-order valence-electron chi connectivity index (χ0n) is 18.6. The van der Waals surface area contributed by atoms with Crippen molar-refractivity contribution in [3.8, 4) is 0 Å². The van der Waals surface area contributed by atoms with Crippen LogP contribution < -0.4 is 5.32 Å². The Hall–Kier alpha value is -2.39. The normalized spacial score (nSPS) is 25.9. The van der Waals surface area contributed by atoms with Gasteiger partial charge in [-0.2, -0.15) is 0 Å². The van der Waals surface area contributed by atoms with Crippen molar-refractivity contribution in [1.29, 1.82) is 0 Å². The summed E-state index contributed by atoms with van der Waals surface area (Å²) in [6.45, 7) is 2.28. The van der Waals surface area contributed by atoms with Gasteiger partial charge < -0.3 is 10.4 Å². The summed E-state index contributed by atoms with van der Waals surface area (Å²) >= 11 is 0. The first kappa shape index (κ1) is 21.8. The van der Waals surface area contributed by atoms with Crippen molar-refractivity contribution in [3.63, 3.8) is 0 Å². The number of nitrogens with one attached hydrogen (secondary N) is 1. The van der Waals surface area contributed by atoms with E-state index in [2.05, 4.69) is 48.6 Å². The van der Waals surface area contributed by atoms with Crippen LogP contribution in [0.3, 0.4) is 0 Å². The van der Waals surface area contributed by atoms with Crippen LogP contribution in [0, 0.1) is 11.8 Å². The van der Waals surface area contributed by atoms with Gasteiger partial charge in [0.15, 0.2) is 0 Å². The average Bonchev–Trinajstić information content (AvgIpc) is 3.56. The summed E-state index contributed by atoms with van der Waals surface area (Å²) in [5.74, 6) is 0.671. The number of aromatic carboxylic acids is 1. The van der Waals surface area contributed by atoms with E-state index in [0.29, 0.717) is 17.6 Å². The molecule has 2 aliphatic carbocycles. The Kier molecular flexibility index (Phi) is 7.24. The largest absolute Gasteiger partial charge is 0.478 e. The number of carbonyl (C=O) groups is 1. The van der Waals surface area contributed by atoms with Crippen LogP contribution in [0.2, 0.25) is 0 Å². The van der Waals surface area contributed by atoms with E-state index in [1.807, 2.05) is 12.1 Å². The zero-order chi connectivity index (χ0) is 21.6. The number of rotatable bonds is 9. The molecule has 2 atom stereocenters. The first-order valence-corrected chi connectivity index (χ1v) is 12.0. The molecule has 0 heterocycles. The molecule has 2 aliphatic rings. The third-order valence-corrected chi connectivity index (χ3v) is 7.17. The molecule has 2 N–H and O–H groups in total. The molecular formula is C28H35NO2. The fourth-order valence-electron chi connectivity index (χ4n) is 5.13. The molecule has 2 saturated carbocycles. The second-order valence-corrected chi connectivity index (χ2v) is 9.36. The highest BCUT2D eigenvalue weighted by molar-refractivity contribution is 5.87. The minimum absolute atomic E-state index is 0.374. The van der Waals surface area contributed by atoms with Gasteiger partial charge in [-0.1, -0.05) is 61.0 Å². The molecule has 0 aliphatic heterocycles. The minimum atomic E-state index is -0.850. The third kappa shape index (κ3) is 6.07. The summed E-state index contributed by atoms with van der Waals surface area (Å²) in [6.07, 6.45) is 12.3. The molecule has 31 heavy (non-hydrogen) atoms. The summed E-state index contributed by atoms with van der Waals surface area (Å²) in [5, 5.41) is 13.0. The average molecular weight is 418 g/mol. The lowest BCUT2D eigenvalue weighted by molar-refractivity contribution is 0.0697. The second-order valence-electron chi connectivity index (χ2n) is 9.36. The van der Waals surface area contributed by atoms with Gasteiger partial charge in [-0.05, 0) is 86.5 Å². The molecule has 0 saturated heterocycles. The van der Waals surface area contributed by atoms with E-state index in [4.69, 9.17) is 5.11 Å². The molecule has 2 fully saturated rings. The summed E-state index contributed by atoms with van der Waals surface area (Å²) in [6, 6.07) is 19.4. The maximum Gasteiger partial charge on any atom is 0.335 e. The van der Waals surface area contributed by atoms with Crippen molar-refractivity contribution in [2.24, 2.45) is 11.8 Å². The molecule has 0 spiro atoms. The molecule has 4 rings (SSSR count). The zero-order valence-corrected chi connectivity index (χ0v) is 18.6. The monoisotopic (exact) mass is 417 g/mol. The first-order valence-electron chi connectivity index (χ1n) is 12.0. The van der Waals surface area contributed by atoms with E-state index in [9.17, 15) is 4.79 Å². The van der Waals surface area contributed by atoms with Crippen LogP contribution in [-0.4, -0.2) is 23.2 Å². The molecule has 0 radical (unpaired) electrons. The highest BCUT2D eigenvalue weighted by Crippen LogP contribution is 2.41. The van der Waals surface area contributed by atoms with Crippen molar-refractivity contribution in [3.05, 3.63) is 76.9 Å². The molecule has 2 aromatic carbocycles. The number of aryl methyl sites for hydroxylation is 1. The molecule has 0 amide bonds. The SMILES string of the molecule is CC/C(=C\c1ccccc1)[C@@H]1C[C@H]1NC1CCC(CCc2ccc(C(=O)O)cc2)CC1. The van der Waals surface area contributed by atoms with E-state index in [0.717, 1.165) is 24.7 Å². The van der Waals surface area contributed by atoms with Gasteiger partial charge in [0, 0.05) is 12.1 Å². The van der Waals surface area contributed by atoms with Crippen LogP contribution in [-0.2, 0) is 6.42 Å². The summed E-state index contributed by atoms with van der Waals surface area (Å²) in [4.78, 5) is 11.0. The van der Waals surface area contributed by atoms with Gasteiger partial charge in [0.05, 0.1) is 5.56 Å². The van der Waals surface area contributed by atoms with Gasteiger partial charge in [-0.25, -0.2) is 4.79 Å². The highest BCUT2D eigenvalue weighted by atomic mass is 16.4. The molecule has 164 valence electrons. The lowest BCUT2D eigenvalue weighted by Crippen LogP contribution is -2.35. The fourth-order valence-corrected chi connectivity index (χ4v) is 5.13.